The van der Waals surface area contributed by atoms with E-state index in [1.165, 1.54) is 12.1 Å². The van der Waals surface area contributed by atoms with Gasteiger partial charge in [0, 0.05) is 19.6 Å². The van der Waals surface area contributed by atoms with Crippen LogP contribution in [0.3, 0.4) is 0 Å². The second-order valence-electron chi connectivity index (χ2n) is 7.43. The minimum absolute atomic E-state index is 0.00500. The third-order valence-corrected chi connectivity index (χ3v) is 5.36. The summed E-state index contributed by atoms with van der Waals surface area (Å²) in [6, 6.07) is 12.4. The van der Waals surface area contributed by atoms with Gasteiger partial charge in [-0.15, -0.1) is 0 Å². The average molecular weight is 400 g/mol. The lowest BCUT2D eigenvalue weighted by molar-refractivity contribution is -0.126. The number of rotatable bonds is 8. The summed E-state index contributed by atoms with van der Waals surface area (Å²) in [7, 11) is 3.23. The Morgan fingerprint density at radius 3 is 2.55 bits per heavy atom. The van der Waals surface area contributed by atoms with E-state index in [4.69, 9.17) is 9.47 Å². The first-order valence-electron chi connectivity index (χ1n) is 10.0. The van der Waals surface area contributed by atoms with Crippen molar-refractivity contribution in [2.75, 3.05) is 33.9 Å². The summed E-state index contributed by atoms with van der Waals surface area (Å²) in [5.41, 5.74) is 2.16. The van der Waals surface area contributed by atoms with Crippen LogP contribution >= 0.6 is 0 Å². The Hall–Kier alpha value is -2.60. The second-order valence-corrected chi connectivity index (χ2v) is 7.43. The topological polar surface area (TPSA) is 50.8 Å². The fourth-order valence-corrected chi connectivity index (χ4v) is 3.77. The smallest absolute Gasteiger partial charge is 0.224 e. The van der Waals surface area contributed by atoms with Crippen LogP contribution in [0.25, 0.3) is 0 Å². The standard InChI is InChI=1S/C23H29FN2O3/c1-28-21-10-7-17(14-22(21)29-2)11-12-25-23(27)19-4-3-13-26(16-19)15-18-5-8-20(24)9-6-18/h5-10,14,19H,3-4,11-13,15-16H2,1-2H3,(H,25,27)/t19-/m0/s1. The van der Waals surface area contributed by atoms with Gasteiger partial charge in [-0.3, -0.25) is 9.69 Å². The highest BCUT2D eigenvalue weighted by Gasteiger charge is 2.25. The van der Waals surface area contributed by atoms with Crippen molar-refractivity contribution < 1.29 is 18.7 Å². The van der Waals surface area contributed by atoms with Crippen molar-refractivity contribution >= 4 is 5.91 Å². The van der Waals surface area contributed by atoms with Crippen LogP contribution in [0.4, 0.5) is 4.39 Å². The van der Waals surface area contributed by atoms with Crippen molar-refractivity contribution in [2.24, 2.45) is 5.92 Å². The molecule has 0 bridgehead atoms. The van der Waals surface area contributed by atoms with Gasteiger partial charge in [-0.25, -0.2) is 4.39 Å². The van der Waals surface area contributed by atoms with Crippen LogP contribution in [-0.2, 0) is 17.8 Å². The van der Waals surface area contributed by atoms with Gasteiger partial charge in [0.05, 0.1) is 20.1 Å². The third-order valence-electron chi connectivity index (χ3n) is 5.36. The summed E-state index contributed by atoms with van der Waals surface area (Å²) in [5, 5.41) is 3.07. The van der Waals surface area contributed by atoms with E-state index in [9.17, 15) is 9.18 Å². The van der Waals surface area contributed by atoms with Gasteiger partial charge in [-0.2, -0.15) is 0 Å². The molecule has 1 aliphatic heterocycles. The fourth-order valence-electron chi connectivity index (χ4n) is 3.77. The van der Waals surface area contributed by atoms with E-state index < -0.39 is 0 Å². The lowest BCUT2D eigenvalue weighted by Crippen LogP contribution is -2.43. The van der Waals surface area contributed by atoms with E-state index in [1.807, 2.05) is 30.3 Å². The van der Waals surface area contributed by atoms with E-state index in [1.54, 1.807) is 14.2 Å². The lowest BCUT2D eigenvalue weighted by Gasteiger charge is -2.32. The molecule has 156 valence electrons. The van der Waals surface area contributed by atoms with Crippen LogP contribution < -0.4 is 14.8 Å². The number of nitrogens with one attached hydrogen (secondary N) is 1. The lowest BCUT2D eigenvalue weighted by atomic mass is 9.96. The number of carbonyl (C=O) groups excluding carboxylic acids is 1. The molecule has 0 unspecified atom stereocenters. The van der Waals surface area contributed by atoms with E-state index in [0.29, 0.717) is 18.0 Å². The highest BCUT2D eigenvalue weighted by Crippen LogP contribution is 2.27. The summed E-state index contributed by atoms with van der Waals surface area (Å²) in [6.45, 7) is 3.03. The van der Waals surface area contributed by atoms with E-state index >= 15 is 0 Å². The normalized spacial score (nSPS) is 17.0. The molecule has 1 aliphatic rings. The van der Waals surface area contributed by atoms with Crippen molar-refractivity contribution in [3.05, 3.63) is 59.4 Å². The molecule has 1 fully saturated rings. The average Bonchev–Trinajstić information content (AvgIpc) is 2.75. The molecule has 5 nitrogen and oxygen atoms in total. The molecule has 29 heavy (non-hydrogen) atoms. The SMILES string of the molecule is COc1ccc(CCNC(=O)[C@H]2CCCN(Cc3ccc(F)cc3)C2)cc1OC. The van der Waals surface area contributed by atoms with Gasteiger partial charge >= 0.3 is 0 Å². The number of likely N-dealkylation sites (tertiary alicyclic amines) is 1. The monoisotopic (exact) mass is 400 g/mol. The second kappa shape index (κ2) is 10.3. The van der Waals surface area contributed by atoms with E-state index in [0.717, 1.165) is 50.0 Å². The molecule has 6 heteroatoms. The third kappa shape index (κ3) is 5.94. The molecule has 0 aromatic heterocycles. The predicted molar refractivity (Wildman–Crippen MR) is 111 cm³/mol. The largest absolute Gasteiger partial charge is 0.493 e. The number of amides is 1. The minimum Gasteiger partial charge on any atom is -0.493 e. The Bertz CT molecular complexity index is 810. The number of hydrogen-bond donors (Lipinski definition) is 1. The Balaban J connectivity index is 1.47. The van der Waals surface area contributed by atoms with Crippen LogP contribution in [0.2, 0.25) is 0 Å². The zero-order valence-electron chi connectivity index (χ0n) is 17.1. The zero-order chi connectivity index (χ0) is 20.6. The Labute approximate surface area is 171 Å². The molecule has 1 heterocycles. The minimum atomic E-state index is -0.223. The van der Waals surface area contributed by atoms with E-state index in [-0.39, 0.29) is 17.6 Å². The maximum absolute atomic E-state index is 13.1. The summed E-state index contributed by atoms with van der Waals surface area (Å²) in [6.07, 6.45) is 2.63. The summed E-state index contributed by atoms with van der Waals surface area (Å²) >= 11 is 0. The fraction of sp³-hybridized carbons (Fsp3) is 0.435. The number of hydrogen-bond acceptors (Lipinski definition) is 4. The molecule has 2 aromatic rings. The molecule has 3 rings (SSSR count). The number of halogens is 1. The molecule has 2 aromatic carbocycles. The molecule has 1 amide bonds. The van der Waals surface area contributed by atoms with Crippen LogP contribution in [-0.4, -0.2) is 44.7 Å². The summed E-state index contributed by atoms with van der Waals surface area (Å²) in [4.78, 5) is 14.9. The number of carbonyl (C=O) groups is 1. The molecule has 1 atom stereocenters. The number of methoxy groups -OCH3 is 2. The van der Waals surface area contributed by atoms with Crippen molar-refractivity contribution in [3.63, 3.8) is 0 Å². The first-order chi connectivity index (χ1) is 14.1. The van der Waals surface area contributed by atoms with Gasteiger partial charge in [0.15, 0.2) is 11.5 Å². The molecular weight excluding hydrogens is 371 g/mol. The maximum atomic E-state index is 13.1. The highest BCUT2D eigenvalue weighted by molar-refractivity contribution is 5.79. The number of ether oxygens (including phenoxy) is 2. The first kappa shape index (κ1) is 21.1. The molecule has 0 spiro atoms. The van der Waals surface area contributed by atoms with Crippen molar-refractivity contribution in [1.29, 1.82) is 0 Å². The molecule has 0 radical (unpaired) electrons. The Kier molecular flexibility index (Phi) is 7.47. The van der Waals surface area contributed by atoms with Gasteiger partial charge in [-0.1, -0.05) is 18.2 Å². The quantitative estimate of drug-likeness (QED) is 0.738. The van der Waals surface area contributed by atoms with Gasteiger partial charge in [0.1, 0.15) is 5.82 Å². The van der Waals surface area contributed by atoms with Gasteiger partial charge in [-0.05, 0) is 61.2 Å². The van der Waals surface area contributed by atoms with E-state index in [2.05, 4.69) is 10.2 Å². The molecule has 1 saturated heterocycles. The van der Waals surface area contributed by atoms with Gasteiger partial charge in [0.25, 0.3) is 0 Å². The number of nitrogens with zero attached hydrogens (tertiary/aromatic N) is 1. The van der Waals surface area contributed by atoms with Gasteiger partial charge in [0.2, 0.25) is 5.91 Å². The van der Waals surface area contributed by atoms with Crippen molar-refractivity contribution in [1.82, 2.24) is 10.2 Å². The Morgan fingerprint density at radius 1 is 1.10 bits per heavy atom. The van der Waals surface area contributed by atoms with Crippen LogP contribution in [0.15, 0.2) is 42.5 Å². The molecule has 0 aliphatic carbocycles. The van der Waals surface area contributed by atoms with Crippen molar-refractivity contribution in [2.45, 2.75) is 25.8 Å². The summed E-state index contributed by atoms with van der Waals surface area (Å²) in [5.74, 6) is 1.27. The predicted octanol–water partition coefficient (Wildman–Crippen LogP) is 3.41. The van der Waals surface area contributed by atoms with Gasteiger partial charge < -0.3 is 14.8 Å². The zero-order valence-corrected chi connectivity index (χ0v) is 17.1. The maximum Gasteiger partial charge on any atom is 0.224 e. The first-order valence-corrected chi connectivity index (χ1v) is 10.0. The van der Waals surface area contributed by atoms with Crippen LogP contribution in [0.5, 0.6) is 11.5 Å². The van der Waals surface area contributed by atoms with Crippen LogP contribution in [0, 0.1) is 11.7 Å². The molecule has 0 saturated carbocycles. The van der Waals surface area contributed by atoms with Crippen molar-refractivity contribution in [3.8, 4) is 11.5 Å². The Morgan fingerprint density at radius 2 is 1.83 bits per heavy atom. The van der Waals surface area contributed by atoms with Crippen LogP contribution in [0.1, 0.15) is 24.0 Å². The number of benzene rings is 2. The highest BCUT2D eigenvalue weighted by atomic mass is 19.1. The summed E-state index contributed by atoms with van der Waals surface area (Å²) < 4.78 is 23.7. The molecule has 1 N–H and O–H groups in total. The number of piperidine rings is 1. The molecular formula is C23H29FN2O3.